The molecule has 7 nitrogen and oxygen atoms in total. The van der Waals surface area contributed by atoms with Crippen LogP contribution in [0.15, 0.2) is 42.7 Å². The lowest BCUT2D eigenvalue weighted by Crippen LogP contribution is -2.39. The van der Waals surface area contributed by atoms with Crippen molar-refractivity contribution in [3.8, 4) is 5.69 Å². The number of nitrogens with one attached hydrogen (secondary N) is 2. The SMILES string of the molecule is NCC(=O)NCC(=O)NCc1ccccc1-n1cccn1. The van der Waals surface area contributed by atoms with Crippen LogP contribution in [-0.4, -0.2) is 34.7 Å². The van der Waals surface area contributed by atoms with Crippen molar-refractivity contribution < 1.29 is 9.59 Å². The van der Waals surface area contributed by atoms with Gasteiger partial charge in [0.15, 0.2) is 0 Å². The van der Waals surface area contributed by atoms with Crippen LogP contribution in [0, 0.1) is 0 Å². The van der Waals surface area contributed by atoms with E-state index in [1.807, 2.05) is 36.5 Å². The van der Waals surface area contributed by atoms with Gasteiger partial charge in [-0.2, -0.15) is 5.10 Å². The Kier molecular flexibility index (Phi) is 5.05. The van der Waals surface area contributed by atoms with Crippen LogP contribution in [0.4, 0.5) is 0 Å². The van der Waals surface area contributed by atoms with Gasteiger partial charge in [0.1, 0.15) is 0 Å². The number of para-hydroxylation sites is 1. The smallest absolute Gasteiger partial charge is 0.239 e. The first-order valence-electron chi connectivity index (χ1n) is 6.52. The van der Waals surface area contributed by atoms with Crippen LogP contribution in [0.25, 0.3) is 5.69 Å². The van der Waals surface area contributed by atoms with Crippen molar-refractivity contribution in [1.82, 2.24) is 20.4 Å². The van der Waals surface area contributed by atoms with Gasteiger partial charge in [-0.3, -0.25) is 9.59 Å². The Labute approximate surface area is 122 Å². The molecule has 21 heavy (non-hydrogen) atoms. The highest BCUT2D eigenvalue weighted by molar-refractivity contribution is 5.85. The minimum absolute atomic E-state index is 0.0834. The van der Waals surface area contributed by atoms with E-state index < -0.39 is 0 Å². The van der Waals surface area contributed by atoms with Crippen molar-refractivity contribution in [2.24, 2.45) is 5.73 Å². The van der Waals surface area contributed by atoms with Crippen molar-refractivity contribution in [2.75, 3.05) is 13.1 Å². The van der Waals surface area contributed by atoms with Gasteiger partial charge >= 0.3 is 0 Å². The molecule has 0 aliphatic carbocycles. The van der Waals surface area contributed by atoms with Gasteiger partial charge in [-0.15, -0.1) is 0 Å². The zero-order chi connectivity index (χ0) is 15.1. The molecular weight excluding hydrogens is 270 g/mol. The highest BCUT2D eigenvalue weighted by Gasteiger charge is 2.07. The van der Waals surface area contributed by atoms with Gasteiger partial charge < -0.3 is 16.4 Å². The van der Waals surface area contributed by atoms with Crippen LogP contribution >= 0.6 is 0 Å². The van der Waals surface area contributed by atoms with Crippen molar-refractivity contribution in [1.29, 1.82) is 0 Å². The number of benzene rings is 1. The average molecular weight is 287 g/mol. The van der Waals surface area contributed by atoms with Crippen molar-refractivity contribution >= 4 is 11.8 Å². The molecule has 0 fully saturated rings. The summed E-state index contributed by atoms with van der Waals surface area (Å²) in [5.41, 5.74) is 6.97. The Hall–Kier alpha value is -2.67. The summed E-state index contributed by atoms with van der Waals surface area (Å²) in [6.07, 6.45) is 3.53. The molecule has 7 heteroatoms. The number of nitrogens with zero attached hydrogens (tertiary/aromatic N) is 2. The molecule has 0 bridgehead atoms. The Morgan fingerprint density at radius 1 is 1.14 bits per heavy atom. The predicted octanol–water partition coefficient (Wildman–Crippen LogP) is -0.437. The minimum Gasteiger partial charge on any atom is -0.350 e. The highest BCUT2D eigenvalue weighted by atomic mass is 16.2. The molecule has 4 N–H and O–H groups in total. The quantitative estimate of drug-likeness (QED) is 0.670. The van der Waals surface area contributed by atoms with Crippen LogP contribution in [0.1, 0.15) is 5.56 Å². The van der Waals surface area contributed by atoms with Crippen molar-refractivity contribution in [3.05, 3.63) is 48.3 Å². The number of amides is 2. The first kappa shape index (κ1) is 14.7. The molecule has 0 unspecified atom stereocenters. The van der Waals surface area contributed by atoms with Gasteiger partial charge in [-0.25, -0.2) is 4.68 Å². The Morgan fingerprint density at radius 2 is 1.95 bits per heavy atom. The summed E-state index contributed by atoms with van der Waals surface area (Å²) in [5, 5.41) is 9.34. The summed E-state index contributed by atoms with van der Waals surface area (Å²) in [7, 11) is 0. The molecule has 0 radical (unpaired) electrons. The Bertz CT molecular complexity index is 610. The molecule has 1 aromatic heterocycles. The summed E-state index contributed by atoms with van der Waals surface area (Å²) in [6.45, 7) is 0.142. The third-order valence-corrected chi connectivity index (χ3v) is 2.85. The summed E-state index contributed by atoms with van der Waals surface area (Å²) < 4.78 is 1.73. The van der Waals surface area contributed by atoms with Gasteiger partial charge in [-0.1, -0.05) is 18.2 Å². The zero-order valence-electron chi connectivity index (χ0n) is 11.5. The van der Waals surface area contributed by atoms with Gasteiger partial charge in [0.05, 0.1) is 18.8 Å². The number of aromatic nitrogens is 2. The highest BCUT2D eigenvalue weighted by Crippen LogP contribution is 2.12. The largest absolute Gasteiger partial charge is 0.350 e. The maximum Gasteiger partial charge on any atom is 0.239 e. The van der Waals surface area contributed by atoms with Crippen molar-refractivity contribution in [2.45, 2.75) is 6.54 Å². The molecule has 1 heterocycles. The second-order valence-electron chi connectivity index (χ2n) is 4.34. The standard InChI is InChI=1S/C14H17N5O2/c15-8-13(20)17-10-14(21)16-9-11-4-1-2-5-12(11)19-7-3-6-18-19/h1-7H,8-10,15H2,(H,16,21)(H,17,20). The first-order valence-corrected chi connectivity index (χ1v) is 6.52. The number of carbonyl (C=O) groups excluding carboxylic acids is 2. The second kappa shape index (κ2) is 7.20. The van der Waals surface area contributed by atoms with E-state index in [4.69, 9.17) is 5.73 Å². The lowest BCUT2D eigenvalue weighted by molar-refractivity contribution is -0.125. The maximum atomic E-state index is 11.6. The molecule has 2 amide bonds. The van der Waals surface area contributed by atoms with Gasteiger partial charge in [0.25, 0.3) is 0 Å². The lowest BCUT2D eigenvalue weighted by Gasteiger charge is -2.11. The van der Waals surface area contributed by atoms with Gasteiger partial charge in [0, 0.05) is 18.9 Å². The van der Waals surface area contributed by atoms with Crippen LogP contribution in [0.3, 0.4) is 0 Å². The minimum atomic E-state index is -0.359. The molecule has 0 aliphatic heterocycles. The first-order chi connectivity index (χ1) is 10.2. The molecule has 0 spiro atoms. The molecular formula is C14H17N5O2. The lowest BCUT2D eigenvalue weighted by atomic mass is 10.2. The molecule has 1 aromatic carbocycles. The number of carbonyl (C=O) groups is 2. The van der Waals surface area contributed by atoms with E-state index in [9.17, 15) is 9.59 Å². The van der Waals surface area contributed by atoms with E-state index in [0.717, 1.165) is 11.3 Å². The normalized spacial score (nSPS) is 10.1. The monoisotopic (exact) mass is 287 g/mol. The van der Waals surface area contributed by atoms with E-state index in [0.29, 0.717) is 6.54 Å². The molecule has 2 rings (SSSR count). The van der Waals surface area contributed by atoms with Crippen LogP contribution in [0.5, 0.6) is 0 Å². The van der Waals surface area contributed by atoms with E-state index in [-0.39, 0.29) is 24.9 Å². The van der Waals surface area contributed by atoms with E-state index >= 15 is 0 Å². The number of nitrogens with two attached hydrogens (primary N) is 1. The van der Waals surface area contributed by atoms with Crippen LogP contribution < -0.4 is 16.4 Å². The van der Waals surface area contributed by atoms with Gasteiger partial charge in [-0.05, 0) is 17.7 Å². The predicted molar refractivity (Wildman–Crippen MR) is 77.5 cm³/mol. The molecule has 0 saturated heterocycles. The average Bonchev–Trinajstić information content (AvgIpc) is 3.05. The number of hydrogen-bond acceptors (Lipinski definition) is 4. The number of hydrogen-bond donors (Lipinski definition) is 3. The third-order valence-electron chi connectivity index (χ3n) is 2.85. The van der Waals surface area contributed by atoms with E-state index in [2.05, 4.69) is 15.7 Å². The third kappa shape index (κ3) is 4.15. The zero-order valence-corrected chi connectivity index (χ0v) is 11.5. The van der Waals surface area contributed by atoms with Crippen LogP contribution in [-0.2, 0) is 16.1 Å². The fourth-order valence-corrected chi connectivity index (χ4v) is 1.80. The van der Waals surface area contributed by atoms with E-state index in [1.54, 1.807) is 10.9 Å². The summed E-state index contributed by atoms with van der Waals surface area (Å²) in [5.74, 6) is -0.630. The van der Waals surface area contributed by atoms with Crippen molar-refractivity contribution in [3.63, 3.8) is 0 Å². The Morgan fingerprint density at radius 3 is 2.67 bits per heavy atom. The second-order valence-corrected chi connectivity index (χ2v) is 4.34. The fourth-order valence-electron chi connectivity index (χ4n) is 1.80. The molecule has 0 saturated carbocycles. The Balaban J connectivity index is 1.95. The summed E-state index contributed by atoms with van der Waals surface area (Å²) in [6, 6.07) is 9.46. The van der Waals surface area contributed by atoms with E-state index in [1.165, 1.54) is 0 Å². The maximum absolute atomic E-state index is 11.6. The van der Waals surface area contributed by atoms with Gasteiger partial charge in [0.2, 0.25) is 11.8 Å². The molecule has 0 atom stereocenters. The fraction of sp³-hybridized carbons (Fsp3) is 0.214. The topological polar surface area (TPSA) is 102 Å². The molecule has 0 aliphatic rings. The van der Waals surface area contributed by atoms with Crippen LogP contribution in [0.2, 0.25) is 0 Å². The molecule has 110 valence electrons. The summed E-state index contributed by atoms with van der Waals surface area (Å²) >= 11 is 0. The molecule has 2 aromatic rings. The summed E-state index contributed by atoms with van der Waals surface area (Å²) in [4.78, 5) is 22.6. The number of rotatable bonds is 6.